The summed E-state index contributed by atoms with van der Waals surface area (Å²) in [6.45, 7) is 10.5. The summed E-state index contributed by atoms with van der Waals surface area (Å²) in [5, 5.41) is 12.6. The average molecular weight is 251 g/mol. The van der Waals surface area contributed by atoms with Crippen LogP contribution in [-0.4, -0.2) is 24.4 Å². The summed E-state index contributed by atoms with van der Waals surface area (Å²) in [6.07, 6.45) is 0. The van der Waals surface area contributed by atoms with E-state index in [4.69, 9.17) is 4.74 Å². The van der Waals surface area contributed by atoms with Crippen molar-refractivity contribution in [1.82, 2.24) is 0 Å². The van der Waals surface area contributed by atoms with Gasteiger partial charge in [-0.15, -0.1) is 0 Å². The number of ether oxygens (including phenoxy) is 1. The second kappa shape index (κ2) is 5.19. The van der Waals surface area contributed by atoms with Crippen LogP contribution in [0, 0.1) is 0 Å². The maximum atomic E-state index is 9.30. The highest BCUT2D eigenvalue weighted by molar-refractivity contribution is 5.54. The molecule has 0 amide bonds. The number of hydrogen-bond acceptors (Lipinski definition) is 3. The fourth-order valence-corrected chi connectivity index (χ4v) is 1.80. The number of aliphatic hydroxyl groups is 1. The van der Waals surface area contributed by atoms with Crippen molar-refractivity contribution in [1.29, 1.82) is 0 Å². The van der Waals surface area contributed by atoms with Crippen LogP contribution in [0.3, 0.4) is 0 Å². The molecule has 0 heterocycles. The van der Waals surface area contributed by atoms with Gasteiger partial charge in [-0.1, -0.05) is 20.8 Å². The van der Waals surface area contributed by atoms with Gasteiger partial charge in [0, 0.05) is 11.3 Å². The van der Waals surface area contributed by atoms with Gasteiger partial charge in [0.05, 0.1) is 19.3 Å². The van der Waals surface area contributed by atoms with Crippen molar-refractivity contribution in [3.63, 3.8) is 0 Å². The molecule has 0 bridgehead atoms. The van der Waals surface area contributed by atoms with Gasteiger partial charge in [-0.05, 0) is 37.5 Å². The standard InChI is InChI=1S/C15H25NO2/c1-14(2,3)12-9-11(7-8-13(12)18-6)16-15(4,5)10-17/h7-9,16-17H,10H2,1-6H3. The molecule has 0 radical (unpaired) electrons. The van der Waals surface area contributed by atoms with Gasteiger partial charge in [0.2, 0.25) is 0 Å². The molecular formula is C15H25NO2. The van der Waals surface area contributed by atoms with Crippen LogP contribution in [-0.2, 0) is 5.41 Å². The van der Waals surface area contributed by atoms with Gasteiger partial charge in [0.25, 0.3) is 0 Å². The second-order valence-electron chi connectivity index (χ2n) is 6.33. The Bertz CT molecular complexity index is 405. The van der Waals surface area contributed by atoms with Crippen LogP contribution in [0.25, 0.3) is 0 Å². The molecule has 0 fully saturated rings. The molecule has 0 aromatic heterocycles. The summed E-state index contributed by atoms with van der Waals surface area (Å²) in [6, 6.07) is 6.04. The van der Waals surface area contributed by atoms with Crippen LogP contribution in [0.15, 0.2) is 18.2 Å². The Morgan fingerprint density at radius 1 is 1.17 bits per heavy atom. The summed E-state index contributed by atoms with van der Waals surface area (Å²) in [4.78, 5) is 0. The van der Waals surface area contributed by atoms with E-state index in [1.54, 1.807) is 7.11 Å². The first-order chi connectivity index (χ1) is 8.19. The maximum absolute atomic E-state index is 9.30. The van der Waals surface area contributed by atoms with Gasteiger partial charge in [-0.3, -0.25) is 0 Å². The molecule has 3 heteroatoms. The van der Waals surface area contributed by atoms with Crippen molar-refractivity contribution in [3.05, 3.63) is 23.8 Å². The Morgan fingerprint density at radius 2 is 1.78 bits per heavy atom. The lowest BCUT2D eigenvalue weighted by Gasteiger charge is -2.28. The number of anilines is 1. The van der Waals surface area contributed by atoms with Crippen molar-refractivity contribution in [3.8, 4) is 5.75 Å². The molecule has 102 valence electrons. The molecule has 1 rings (SSSR count). The molecule has 0 spiro atoms. The summed E-state index contributed by atoms with van der Waals surface area (Å²) < 4.78 is 5.41. The Hall–Kier alpha value is -1.22. The first-order valence-electron chi connectivity index (χ1n) is 6.27. The molecule has 0 unspecified atom stereocenters. The predicted molar refractivity (Wildman–Crippen MR) is 76.5 cm³/mol. The Labute approximate surface area is 110 Å². The lowest BCUT2D eigenvalue weighted by molar-refractivity contribution is 0.234. The van der Waals surface area contributed by atoms with Crippen molar-refractivity contribution in [2.45, 2.75) is 45.6 Å². The van der Waals surface area contributed by atoms with Crippen LogP contribution in [0.4, 0.5) is 5.69 Å². The normalized spacial score (nSPS) is 12.4. The number of aliphatic hydroxyl groups excluding tert-OH is 1. The van der Waals surface area contributed by atoms with Crippen LogP contribution in [0.2, 0.25) is 0 Å². The van der Waals surface area contributed by atoms with E-state index in [1.807, 2.05) is 26.0 Å². The number of methoxy groups -OCH3 is 1. The molecule has 0 aliphatic carbocycles. The minimum atomic E-state index is -0.330. The fourth-order valence-electron chi connectivity index (χ4n) is 1.80. The van der Waals surface area contributed by atoms with Crippen LogP contribution < -0.4 is 10.1 Å². The van der Waals surface area contributed by atoms with Crippen molar-refractivity contribution in [2.24, 2.45) is 0 Å². The summed E-state index contributed by atoms with van der Waals surface area (Å²) in [7, 11) is 1.69. The van der Waals surface area contributed by atoms with Crippen LogP contribution in [0.5, 0.6) is 5.75 Å². The third kappa shape index (κ3) is 3.64. The smallest absolute Gasteiger partial charge is 0.122 e. The molecular weight excluding hydrogens is 226 g/mol. The van der Waals surface area contributed by atoms with E-state index in [2.05, 4.69) is 32.2 Å². The zero-order valence-electron chi connectivity index (χ0n) is 12.3. The molecule has 0 atom stereocenters. The van der Waals surface area contributed by atoms with E-state index in [0.29, 0.717) is 0 Å². The largest absolute Gasteiger partial charge is 0.496 e. The highest BCUT2D eigenvalue weighted by Crippen LogP contribution is 2.34. The molecule has 0 saturated heterocycles. The summed E-state index contributed by atoms with van der Waals surface area (Å²) in [5.74, 6) is 0.898. The third-order valence-corrected chi connectivity index (χ3v) is 2.89. The SMILES string of the molecule is COc1ccc(NC(C)(C)CO)cc1C(C)(C)C. The zero-order valence-corrected chi connectivity index (χ0v) is 12.3. The highest BCUT2D eigenvalue weighted by Gasteiger charge is 2.21. The van der Waals surface area contributed by atoms with Crippen molar-refractivity contribution >= 4 is 5.69 Å². The van der Waals surface area contributed by atoms with E-state index in [9.17, 15) is 5.11 Å². The lowest BCUT2D eigenvalue weighted by atomic mass is 9.86. The average Bonchev–Trinajstić information content (AvgIpc) is 2.27. The van der Waals surface area contributed by atoms with Crippen LogP contribution in [0.1, 0.15) is 40.2 Å². The Kier molecular flexibility index (Phi) is 4.28. The molecule has 1 aromatic carbocycles. The summed E-state index contributed by atoms with van der Waals surface area (Å²) >= 11 is 0. The van der Waals surface area contributed by atoms with Crippen molar-refractivity contribution in [2.75, 3.05) is 19.0 Å². The number of benzene rings is 1. The topological polar surface area (TPSA) is 41.5 Å². The molecule has 0 aliphatic heterocycles. The van der Waals surface area contributed by atoms with E-state index in [-0.39, 0.29) is 17.6 Å². The van der Waals surface area contributed by atoms with E-state index in [0.717, 1.165) is 17.0 Å². The third-order valence-electron chi connectivity index (χ3n) is 2.89. The van der Waals surface area contributed by atoms with Crippen LogP contribution >= 0.6 is 0 Å². The van der Waals surface area contributed by atoms with E-state index >= 15 is 0 Å². The van der Waals surface area contributed by atoms with Gasteiger partial charge in [-0.25, -0.2) is 0 Å². The monoisotopic (exact) mass is 251 g/mol. The Balaban J connectivity index is 3.11. The minimum Gasteiger partial charge on any atom is -0.496 e. The Morgan fingerprint density at radius 3 is 2.22 bits per heavy atom. The molecule has 0 saturated carbocycles. The van der Waals surface area contributed by atoms with Gasteiger partial charge < -0.3 is 15.2 Å². The first-order valence-corrected chi connectivity index (χ1v) is 6.27. The van der Waals surface area contributed by atoms with Gasteiger partial charge in [-0.2, -0.15) is 0 Å². The predicted octanol–water partition coefficient (Wildman–Crippen LogP) is 3.18. The number of rotatable bonds is 4. The minimum absolute atomic E-state index is 0.0202. The maximum Gasteiger partial charge on any atom is 0.122 e. The van der Waals surface area contributed by atoms with E-state index < -0.39 is 0 Å². The van der Waals surface area contributed by atoms with Gasteiger partial charge >= 0.3 is 0 Å². The molecule has 0 aliphatic rings. The van der Waals surface area contributed by atoms with Gasteiger partial charge in [0.15, 0.2) is 0 Å². The molecule has 3 nitrogen and oxygen atoms in total. The molecule has 1 aromatic rings. The zero-order chi connectivity index (χ0) is 14.0. The van der Waals surface area contributed by atoms with Crippen molar-refractivity contribution < 1.29 is 9.84 Å². The van der Waals surface area contributed by atoms with Gasteiger partial charge in [0.1, 0.15) is 5.75 Å². The fraction of sp³-hybridized carbons (Fsp3) is 0.600. The quantitative estimate of drug-likeness (QED) is 0.863. The lowest BCUT2D eigenvalue weighted by Crippen LogP contribution is -2.35. The number of nitrogens with one attached hydrogen (secondary N) is 1. The number of hydrogen-bond donors (Lipinski definition) is 2. The second-order valence-corrected chi connectivity index (χ2v) is 6.33. The van der Waals surface area contributed by atoms with E-state index in [1.165, 1.54) is 0 Å². The summed E-state index contributed by atoms with van der Waals surface area (Å²) in [5.41, 5.74) is 1.85. The first kappa shape index (κ1) is 14.8. The molecule has 2 N–H and O–H groups in total. The molecule has 18 heavy (non-hydrogen) atoms. The highest BCUT2D eigenvalue weighted by atomic mass is 16.5.